The molecular weight excluding hydrogens is 410 g/mol. The number of amides is 3. The Kier molecular flexibility index (Phi) is 8.12. The van der Waals surface area contributed by atoms with Crippen LogP contribution in [0.25, 0.3) is 10.6 Å². The summed E-state index contributed by atoms with van der Waals surface area (Å²) >= 11 is 1.33. The first-order chi connectivity index (χ1) is 15.0. The van der Waals surface area contributed by atoms with Crippen molar-refractivity contribution in [3.05, 3.63) is 65.7 Å². The summed E-state index contributed by atoms with van der Waals surface area (Å²) in [5, 5.41) is 15.1. The Morgan fingerprint density at radius 1 is 1.03 bits per heavy atom. The Hall–Kier alpha value is -3.26. The van der Waals surface area contributed by atoms with E-state index in [1.807, 2.05) is 68.4 Å². The summed E-state index contributed by atoms with van der Waals surface area (Å²) in [4.78, 5) is 26.5. The van der Waals surface area contributed by atoms with E-state index in [4.69, 9.17) is 0 Å². The SMILES string of the molecule is CCNC(=O)N(CCC(=O)Nc1nnc(-c2cccc(C)c2)s1)CCc1ccccc1. The van der Waals surface area contributed by atoms with Crippen LogP contribution in [0.2, 0.25) is 0 Å². The van der Waals surface area contributed by atoms with Crippen molar-refractivity contribution < 1.29 is 9.59 Å². The maximum atomic E-state index is 12.4. The largest absolute Gasteiger partial charge is 0.338 e. The van der Waals surface area contributed by atoms with Gasteiger partial charge in [0.2, 0.25) is 11.0 Å². The van der Waals surface area contributed by atoms with Crippen molar-refractivity contribution >= 4 is 28.4 Å². The summed E-state index contributed by atoms with van der Waals surface area (Å²) in [6.07, 6.45) is 0.918. The van der Waals surface area contributed by atoms with Crippen LogP contribution in [0.4, 0.5) is 9.93 Å². The van der Waals surface area contributed by atoms with Gasteiger partial charge in [0.1, 0.15) is 5.01 Å². The Morgan fingerprint density at radius 3 is 2.58 bits per heavy atom. The summed E-state index contributed by atoms with van der Waals surface area (Å²) < 4.78 is 0. The van der Waals surface area contributed by atoms with E-state index in [1.54, 1.807) is 4.90 Å². The smallest absolute Gasteiger partial charge is 0.317 e. The zero-order valence-corrected chi connectivity index (χ0v) is 18.6. The van der Waals surface area contributed by atoms with Gasteiger partial charge in [0.25, 0.3) is 0 Å². The predicted molar refractivity (Wildman–Crippen MR) is 124 cm³/mol. The molecule has 0 aliphatic rings. The number of carbonyl (C=O) groups excluding carboxylic acids is 2. The molecule has 0 bridgehead atoms. The van der Waals surface area contributed by atoms with Gasteiger partial charge in [-0.3, -0.25) is 4.79 Å². The van der Waals surface area contributed by atoms with Crippen molar-refractivity contribution in [2.75, 3.05) is 25.0 Å². The second-order valence-electron chi connectivity index (χ2n) is 7.14. The van der Waals surface area contributed by atoms with Crippen LogP contribution in [0.5, 0.6) is 0 Å². The molecule has 0 atom stereocenters. The number of benzene rings is 2. The van der Waals surface area contributed by atoms with Crippen LogP contribution >= 0.6 is 11.3 Å². The molecule has 1 heterocycles. The van der Waals surface area contributed by atoms with Gasteiger partial charge in [-0.2, -0.15) is 0 Å². The molecule has 0 aliphatic carbocycles. The highest BCUT2D eigenvalue weighted by molar-refractivity contribution is 7.18. The van der Waals surface area contributed by atoms with Crippen molar-refractivity contribution in [3.8, 4) is 10.6 Å². The van der Waals surface area contributed by atoms with Gasteiger partial charge >= 0.3 is 6.03 Å². The minimum atomic E-state index is -0.194. The number of aryl methyl sites for hydroxylation is 1. The first kappa shape index (κ1) is 22.4. The highest BCUT2D eigenvalue weighted by Gasteiger charge is 2.16. The molecule has 0 radical (unpaired) electrons. The quantitative estimate of drug-likeness (QED) is 0.527. The maximum Gasteiger partial charge on any atom is 0.317 e. The number of anilines is 1. The van der Waals surface area contributed by atoms with Crippen molar-refractivity contribution in [2.24, 2.45) is 0 Å². The number of urea groups is 1. The molecule has 8 heteroatoms. The van der Waals surface area contributed by atoms with Gasteiger partial charge in [-0.05, 0) is 31.9 Å². The van der Waals surface area contributed by atoms with Crippen molar-refractivity contribution in [3.63, 3.8) is 0 Å². The molecule has 0 spiro atoms. The molecule has 7 nitrogen and oxygen atoms in total. The number of aromatic nitrogens is 2. The molecule has 0 unspecified atom stereocenters. The third kappa shape index (κ3) is 6.89. The molecule has 1 aromatic heterocycles. The lowest BCUT2D eigenvalue weighted by Gasteiger charge is -2.22. The average Bonchev–Trinajstić information content (AvgIpc) is 3.23. The van der Waals surface area contributed by atoms with Crippen molar-refractivity contribution in [1.29, 1.82) is 0 Å². The van der Waals surface area contributed by atoms with Crippen LogP contribution in [0.3, 0.4) is 0 Å². The Labute approximate surface area is 186 Å². The molecule has 2 N–H and O–H groups in total. The molecule has 3 amide bonds. The van der Waals surface area contributed by atoms with Gasteiger partial charge < -0.3 is 15.5 Å². The van der Waals surface area contributed by atoms with Crippen molar-refractivity contribution in [2.45, 2.75) is 26.7 Å². The molecule has 3 aromatic rings. The van der Waals surface area contributed by atoms with E-state index in [-0.39, 0.29) is 18.4 Å². The molecule has 3 rings (SSSR count). The van der Waals surface area contributed by atoms with Gasteiger partial charge in [0, 0.05) is 31.6 Å². The second-order valence-corrected chi connectivity index (χ2v) is 8.12. The van der Waals surface area contributed by atoms with Crippen LogP contribution in [0.1, 0.15) is 24.5 Å². The Bertz CT molecular complexity index is 1010. The van der Waals surface area contributed by atoms with Crippen LogP contribution in [-0.2, 0) is 11.2 Å². The first-order valence-corrected chi connectivity index (χ1v) is 11.1. The fourth-order valence-electron chi connectivity index (χ4n) is 3.07. The molecule has 0 saturated carbocycles. The number of nitrogens with one attached hydrogen (secondary N) is 2. The summed E-state index contributed by atoms with van der Waals surface area (Å²) in [5.74, 6) is -0.194. The molecule has 2 aromatic carbocycles. The summed E-state index contributed by atoms with van der Waals surface area (Å²) in [5.41, 5.74) is 3.26. The maximum absolute atomic E-state index is 12.4. The van der Waals surface area contributed by atoms with E-state index in [9.17, 15) is 9.59 Å². The molecule has 31 heavy (non-hydrogen) atoms. The third-order valence-electron chi connectivity index (χ3n) is 4.67. The number of hydrogen-bond donors (Lipinski definition) is 2. The van der Waals surface area contributed by atoms with E-state index in [0.29, 0.717) is 24.8 Å². The summed E-state index contributed by atoms with van der Waals surface area (Å²) in [7, 11) is 0. The zero-order chi connectivity index (χ0) is 22.1. The summed E-state index contributed by atoms with van der Waals surface area (Å²) in [6.45, 7) is 5.31. The highest BCUT2D eigenvalue weighted by atomic mass is 32.1. The number of carbonyl (C=O) groups is 2. The minimum Gasteiger partial charge on any atom is -0.338 e. The standard InChI is InChI=1S/C23H27N5O2S/c1-3-24-23(30)28(14-12-18-9-5-4-6-10-18)15-13-20(29)25-22-27-26-21(31-22)19-11-7-8-17(2)16-19/h4-11,16H,3,12-15H2,1-2H3,(H,24,30)(H,25,27,29). The van der Waals surface area contributed by atoms with Gasteiger partial charge in [-0.1, -0.05) is 65.4 Å². The van der Waals surface area contributed by atoms with E-state index in [0.717, 1.165) is 28.1 Å². The van der Waals surface area contributed by atoms with Crippen LogP contribution in [-0.4, -0.2) is 46.7 Å². The molecule has 162 valence electrons. The lowest BCUT2D eigenvalue weighted by atomic mass is 10.1. The second kappa shape index (κ2) is 11.2. The summed E-state index contributed by atoms with van der Waals surface area (Å²) in [6, 6.07) is 17.8. The van der Waals surface area contributed by atoms with Gasteiger partial charge in [0.15, 0.2) is 0 Å². The van der Waals surface area contributed by atoms with E-state index in [1.165, 1.54) is 11.3 Å². The third-order valence-corrected chi connectivity index (χ3v) is 5.56. The first-order valence-electron chi connectivity index (χ1n) is 10.3. The van der Waals surface area contributed by atoms with Crippen molar-refractivity contribution in [1.82, 2.24) is 20.4 Å². The van der Waals surface area contributed by atoms with Gasteiger partial charge in [-0.25, -0.2) is 4.79 Å². The topological polar surface area (TPSA) is 87.2 Å². The van der Waals surface area contributed by atoms with Crippen LogP contribution in [0, 0.1) is 6.92 Å². The Balaban J connectivity index is 1.54. The number of hydrogen-bond acceptors (Lipinski definition) is 5. The number of rotatable bonds is 9. The minimum absolute atomic E-state index is 0.163. The van der Waals surface area contributed by atoms with Crippen LogP contribution < -0.4 is 10.6 Å². The fraction of sp³-hybridized carbons (Fsp3) is 0.304. The average molecular weight is 438 g/mol. The normalized spacial score (nSPS) is 10.5. The fourth-order valence-corrected chi connectivity index (χ4v) is 3.83. The molecule has 0 fully saturated rings. The molecular formula is C23H27N5O2S. The van der Waals surface area contributed by atoms with E-state index in [2.05, 4.69) is 20.8 Å². The monoisotopic (exact) mass is 437 g/mol. The van der Waals surface area contributed by atoms with Gasteiger partial charge in [-0.15, -0.1) is 10.2 Å². The zero-order valence-electron chi connectivity index (χ0n) is 17.8. The Morgan fingerprint density at radius 2 is 1.84 bits per heavy atom. The predicted octanol–water partition coefficient (Wildman–Crippen LogP) is 4.12. The highest BCUT2D eigenvalue weighted by Crippen LogP contribution is 2.26. The number of nitrogens with zero attached hydrogens (tertiary/aromatic N) is 3. The lowest BCUT2D eigenvalue weighted by Crippen LogP contribution is -2.42. The van der Waals surface area contributed by atoms with E-state index < -0.39 is 0 Å². The molecule has 0 aliphatic heterocycles. The van der Waals surface area contributed by atoms with Crippen LogP contribution in [0.15, 0.2) is 54.6 Å². The lowest BCUT2D eigenvalue weighted by molar-refractivity contribution is -0.116. The van der Waals surface area contributed by atoms with Gasteiger partial charge in [0.05, 0.1) is 0 Å². The van der Waals surface area contributed by atoms with E-state index >= 15 is 0 Å². The molecule has 0 saturated heterocycles.